The summed E-state index contributed by atoms with van der Waals surface area (Å²) in [6.07, 6.45) is 11.5. The van der Waals surface area contributed by atoms with Crippen LogP contribution in [0.4, 0.5) is 0 Å². The molecule has 4 aliphatic rings. The molecule has 166 valence electrons. The van der Waals surface area contributed by atoms with Gasteiger partial charge in [-0.05, 0) is 70.1 Å². The minimum atomic E-state index is 0.778. The fourth-order valence-corrected chi connectivity index (χ4v) is 5.23. The Morgan fingerprint density at radius 3 is 2.00 bits per heavy atom. The predicted octanol–water partition coefficient (Wildman–Crippen LogP) is 3.92. The molecule has 4 nitrogen and oxygen atoms in total. The molecule has 0 aromatic carbocycles. The van der Waals surface area contributed by atoms with Gasteiger partial charge in [0.15, 0.2) is 0 Å². The molecule has 3 aliphatic heterocycles. The standard InChI is InChI=1S/C12H22N2.C10H22N2.C2H6/c1-2-4-14(5-3-1)8-11-6-12(7-11)9-13-10-12;1-3-4-5-6-12-9-7-11(2)8-10-12;1-2/h11,13H,1-10H2;3-10H2,1-2H3;1-2H3. The first kappa shape index (κ1) is 24.1. The van der Waals surface area contributed by atoms with Gasteiger partial charge in [0.05, 0.1) is 0 Å². The second kappa shape index (κ2) is 13.2. The maximum absolute atomic E-state index is 3.41. The highest BCUT2D eigenvalue weighted by atomic mass is 15.2. The van der Waals surface area contributed by atoms with E-state index < -0.39 is 0 Å². The molecule has 0 unspecified atom stereocenters. The smallest absolute Gasteiger partial charge is 0.0110 e. The summed E-state index contributed by atoms with van der Waals surface area (Å²) in [5.74, 6) is 1.04. The Kier molecular flexibility index (Phi) is 11.4. The van der Waals surface area contributed by atoms with Crippen LogP contribution in [0.3, 0.4) is 0 Å². The van der Waals surface area contributed by atoms with E-state index in [4.69, 9.17) is 0 Å². The quantitative estimate of drug-likeness (QED) is 0.689. The molecule has 28 heavy (non-hydrogen) atoms. The molecule has 1 N–H and O–H groups in total. The Labute approximate surface area is 176 Å². The molecule has 0 aromatic rings. The highest BCUT2D eigenvalue weighted by molar-refractivity contribution is 5.03. The SMILES string of the molecule is C1CCN(CC2CC3(CNC3)C2)CC1.CC.CCCCCN1CCN(C)CC1. The first-order valence-electron chi connectivity index (χ1n) is 12.5. The molecule has 4 heteroatoms. The van der Waals surface area contributed by atoms with E-state index >= 15 is 0 Å². The largest absolute Gasteiger partial charge is 0.316 e. The number of hydrogen-bond donors (Lipinski definition) is 1. The van der Waals surface area contributed by atoms with E-state index in [2.05, 4.69) is 34.0 Å². The topological polar surface area (TPSA) is 21.8 Å². The molecule has 1 saturated carbocycles. The zero-order valence-corrected chi connectivity index (χ0v) is 19.6. The molecular formula is C24H50N4. The van der Waals surface area contributed by atoms with Crippen molar-refractivity contribution in [3.8, 4) is 0 Å². The normalized spacial score (nSPS) is 25.7. The van der Waals surface area contributed by atoms with Crippen LogP contribution in [-0.4, -0.2) is 87.2 Å². The molecule has 3 heterocycles. The third-order valence-corrected chi connectivity index (χ3v) is 7.08. The Morgan fingerprint density at radius 1 is 0.821 bits per heavy atom. The fraction of sp³-hybridized carbons (Fsp3) is 1.00. The average molecular weight is 395 g/mol. The molecule has 0 aromatic heterocycles. The number of nitrogens with zero attached hydrogens (tertiary/aromatic N) is 3. The van der Waals surface area contributed by atoms with Gasteiger partial charge in [0.1, 0.15) is 0 Å². The van der Waals surface area contributed by atoms with Crippen molar-refractivity contribution in [1.82, 2.24) is 20.0 Å². The van der Waals surface area contributed by atoms with Gasteiger partial charge in [0.25, 0.3) is 0 Å². The summed E-state index contributed by atoms with van der Waals surface area (Å²) < 4.78 is 0. The molecule has 4 fully saturated rings. The lowest BCUT2D eigenvalue weighted by Gasteiger charge is -2.55. The van der Waals surface area contributed by atoms with Gasteiger partial charge in [-0.3, -0.25) is 0 Å². The molecule has 3 saturated heterocycles. The van der Waals surface area contributed by atoms with Crippen molar-refractivity contribution >= 4 is 0 Å². The second-order valence-electron chi connectivity index (χ2n) is 9.59. The number of nitrogens with one attached hydrogen (secondary N) is 1. The first-order valence-corrected chi connectivity index (χ1v) is 12.5. The Morgan fingerprint density at radius 2 is 1.46 bits per heavy atom. The molecule has 1 aliphatic carbocycles. The number of rotatable bonds is 6. The van der Waals surface area contributed by atoms with Crippen LogP contribution >= 0.6 is 0 Å². The van der Waals surface area contributed by atoms with E-state index in [9.17, 15) is 0 Å². The number of likely N-dealkylation sites (N-methyl/N-ethyl adjacent to an activating group) is 1. The van der Waals surface area contributed by atoms with Crippen LogP contribution in [0.25, 0.3) is 0 Å². The highest BCUT2D eigenvalue weighted by Crippen LogP contribution is 2.48. The molecular weight excluding hydrogens is 344 g/mol. The monoisotopic (exact) mass is 394 g/mol. The third-order valence-electron chi connectivity index (χ3n) is 7.08. The van der Waals surface area contributed by atoms with Gasteiger partial charge in [-0.15, -0.1) is 0 Å². The van der Waals surface area contributed by atoms with Crippen LogP contribution in [0.1, 0.15) is 72.1 Å². The van der Waals surface area contributed by atoms with E-state index in [-0.39, 0.29) is 0 Å². The number of piperazine rings is 1. The van der Waals surface area contributed by atoms with Crippen molar-refractivity contribution in [2.24, 2.45) is 11.3 Å². The summed E-state index contributed by atoms with van der Waals surface area (Å²) >= 11 is 0. The minimum absolute atomic E-state index is 0.778. The summed E-state index contributed by atoms with van der Waals surface area (Å²) in [5.41, 5.74) is 0.778. The summed E-state index contributed by atoms with van der Waals surface area (Å²) in [6.45, 7) is 19.4. The van der Waals surface area contributed by atoms with Gasteiger partial charge in [0.2, 0.25) is 0 Å². The number of piperidine rings is 1. The summed E-state index contributed by atoms with van der Waals surface area (Å²) in [4.78, 5) is 7.71. The lowest BCUT2D eigenvalue weighted by atomic mass is 9.58. The maximum Gasteiger partial charge on any atom is 0.0110 e. The molecule has 1 spiro atoms. The fourth-order valence-electron chi connectivity index (χ4n) is 5.23. The highest BCUT2D eigenvalue weighted by Gasteiger charge is 2.48. The summed E-state index contributed by atoms with van der Waals surface area (Å²) in [6, 6.07) is 0. The molecule has 4 rings (SSSR count). The van der Waals surface area contributed by atoms with Crippen molar-refractivity contribution in [3.63, 3.8) is 0 Å². The van der Waals surface area contributed by atoms with Crippen molar-refractivity contribution in [2.45, 2.75) is 72.1 Å². The van der Waals surface area contributed by atoms with Crippen molar-refractivity contribution in [3.05, 3.63) is 0 Å². The predicted molar refractivity (Wildman–Crippen MR) is 123 cm³/mol. The Bertz CT molecular complexity index is 374. The molecule has 0 atom stereocenters. The zero-order valence-electron chi connectivity index (χ0n) is 19.6. The van der Waals surface area contributed by atoms with E-state index in [1.807, 2.05) is 13.8 Å². The van der Waals surface area contributed by atoms with Gasteiger partial charge in [-0.1, -0.05) is 40.0 Å². The van der Waals surface area contributed by atoms with Crippen LogP contribution in [0.15, 0.2) is 0 Å². The van der Waals surface area contributed by atoms with Gasteiger partial charge in [-0.25, -0.2) is 0 Å². The first-order chi connectivity index (χ1) is 13.7. The Hall–Kier alpha value is -0.160. The zero-order chi connectivity index (χ0) is 20.2. The van der Waals surface area contributed by atoms with Crippen LogP contribution in [0.2, 0.25) is 0 Å². The van der Waals surface area contributed by atoms with E-state index in [1.54, 1.807) is 0 Å². The van der Waals surface area contributed by atoms with Crippen molar-refractivity contribution in [1.29, 1.82) is 0 Å². The number of hydrogen-bond acceptors (Lipinski definition) is 4. The van der Waals surface area contributed by atoms with Crippen LogP contribution in [-0.2, 0) is 0 Å². The third kappa shape index (κ3) is 7.93. The number of likely N-dealkylation sites (tertiary alicyclic amines) is 1. The van der Waals surface area contributed by atoms with Gasteiger partial charge >= 0.3 is 0 Å². The van der Waals surface area contributed by atoms with Crippen LogP contribution in [0, 0.1) is 11.3 Å². The van der Waals surface area contributed by atoms with Crippen LogP contribution in [0.5, 0.6) is 0 Å². The molecule has 0 bridgehead atoms. The van der Waals surface area contributed by atoms with Gasteiger partial charge in [0, 0.05) is 45.8 Å². The number of unbranched alkanes of at least 4 members (excludes halogenated alkanes) is 2. The van der Waals surface area contributed by atoms with Gasteiger partial charge in [-0.2, -0.15) is 0 Å². The second-order valence-corrected chi connectivity index (χ2v) is 9.59. The molecule has 0 radical (unpaired) electrons. The Balaban J connectivity index is 0.000000187. The van der Waals surface area contributed by atoms with E-state index in [0.717, 1.165) is 11.3 Å². The summed E-state index contributed by atoms with van der Waals surface area (Å²) in [5, 5.41) is 3.41. The van der Waals surface area contributed by atoms with Crippen molar-refractivity contribution < 1.29 is 0 Å². The lowest BCUT2D eigenvalue weighted by molar-refractivity contribution is -0.0177. The molecule has 0 amide bonds. The lowest BCUT2D eigenvalue weighted by Crippen LogP contribution is -2.61. The van der Waals surface area contributed by atoms with Crippen LogP contribution < -0.4 is 5.32 Å². The minimum Gasteiger partial charge on any atom is -0.316 e. The maximum atomic E-state index is 3.41. The van der Waals surface area contributed by atoms with Crippen molar-refractivity contribution in [2.75, 3.05) is 72.5 Å². The van der Waals surface area contributed by atoms with E-state index in [1.165, 1.54) is 117 Å². The average Bonchev–Trinajstić information content (AvgIpc) is 2.68. The van der Waals surface area contributed by atoms with Gasteiger partial charge < -0.3 is 20.0 Å². The van der Waals surface area contributed by atoms with E-state index in [0.29, 0.717) is 0 Å². The summed E-state index contributed by atoms with van der Waals surface area (Å²) in [7, 11) is 2.21.